The number of thioether (sulfide) groups is 1. The third-order valence-corrected chi connectivity index (χ3v) is 5.63. The number of fused-ring (bicyclic) bond motifs is 1. The predicted octanol–water partition coefficient (Wildman–Crippen LogP) is 2.36. The van der Waals surface area contributed by atoms with E-state index in [9.17, 15) is 18.8 Å². The van der Waals surface area contributed by atoms with Crippen molar-refractivity contribution in [3.63, 3.8) is 0 Å². The van der Waals surface area contributed by atoms with Crippen LogP contribution in [0.1, 0.15) is 15.9 Å². The standard InChI is InChI=1S/C18H16ClFN4O4S/c19-10-3-1-9(2-4-10)7-24-14-5-11(16(25)23-21)12(20)6-15(14)29-8-13(17(24)26)22-18(27)28/h1-6,13,22H,7-8,21H2,(H,23,25)(H,27,28)/t13-/m0/s1. The first-order chi connectivity index (χ1) is 13.8. The molecule has 152 valence electrons. The van der Waals surface area contributed by atoms with Crippen molar-refractivity contribution >= 4 is 47.0 Å². The molecule has 3 rings (SSSR count). The van der Waals surface area contributed by atoms with E-state index >= 15 is 0 Å². The first kappa shape index (κ1) is 20.9. The molecule has 0 aromatic heterocycles. The van der Waals surface area contributed by atoms with Gasteiger partial charge in [-0.15, -0.1) is 11.8 Å². The zero-order valence-electron chi connectivity index (χ0n) is 14.8. The van der Waals surface area contributed by atoms with E-state index in [2.05, 4.69) is 5.32 Å². The second-order valence-electron chi connectivity index (χ2n) is 6.14. The largest absolute Gasteiger partial charge is 0.465 e. The highest BCUT2D eigenvalue weighted by molar-refractivity contribution is 7.99. The van der Waals surface area contributed by atoms with Crippen LogP contribution in [0.25, 0.3) is 0 Å². The topological polar surface area (TPSA) is 125 Å². The van der Waals surface area contributed by atoms with Gasteiger partial charge in [-0.3, -0.25) is 15.0 Å². The molecule has 1 heterocycles. The Bertz CT molecular complexity index is 973. The van der Waals surface area contributed by atoms with Gasteiger partial charge in [-0.05, 0) is 29.8 Å². The lowest BCUT2D eigenvalue weighted by Crippen LogP contribution is -2.48. The van der Waals surface area contributed by atoms with Crippen molar-refractivity contribution in [2.24, 2.45) is 5.84 Å². The SMILES string of the molecule is NNC(=O)c1cc2c(cc1F)SC[C@H](NC(=O)O)C(=O)N2Cc1ccc(Cl)cc1. The number of halogens is 2. The van der Waals surface area contributed by atoms with Gasteiger partial charge in [0.05, 0.1) is 17.8 Å². The lowest BCUT2D eigenvalue weighted by atomic mass is 10.1. The number of carboxylic acid groups (broad SMARTS) is 1. The van der Waals surface area contributed by atoms with Crippen LogP contribution in [-0.2, 0) is 11.3 Å². The van der Waals surface area contributed by atoms with E-state index in [1.54, 1.807) is 24.3 Å². The maximum absolute atomic E-state index is 14.4. The third kappa shape index (κ3) is 4.61. The molecule has 0 saturated heterocycles. The number of nitrogens with zero attached hydrogens (tertiary/aromatic N) is 1. The number of nitrogens with one attached hydrogen (secondary N) is 2. The number of amides is 3. The number of carbonyl (C=O) groups is 3. The van der Waals surface area contributed by atoms with Crippen LogP contribution in [0.4, 0.5) is 14.9 Å². The summed E-state index contributed by atoms with van der Waals surface area (Å²) >= 11 is 7.01. The summed E-state index contributed by atoms with van der Waals surface area (Å²) in [6.07, 6.45) is -1.35. The van der Waals surface area contributed by atoms with Crippen LogP contribution in [0.3, 0.4) is 0 Å². The van der Waals surface area contributed by atoms with Gasteiger partial charge >= 0.3 is 6.09 Å². The Morgan fingerprint density at radius 1 is 1.31 bits per heavy atom. The molecule has 0 bridgehead atoms. The van der Waals surface area contributed by atoms with Gasteiger partial charge in [-0.25, -0.2) is 15.0 Å². The van der Waals surface area contributed by atoms with Gasteiger partial charge < -0.3 is 15.3 Å². The van der Waals surface area contributed by atoms with E-state index in [1.807, 2.05) is 5.43 Å². The van der Waals surface area contributed by atoms with Gasteiger partial charge in [0.15, 0.2) is 0 Å². The number of nitrogens with two attached hydrogens (primary N) is 1. The lowest BCUT2D eigenvalue weighted by molar-refractivity contribution is -0.120. The second kappa shape index (κ2) is 8.68. The van der Waals surface area contributed by atoms with Crippen LogP contribution < -0.4 is 21.5 Å². The number of hydrazine groups is 1. The van der Waals surface area contributed by atoms with Crippen LogP contribution in [0, 0.1) is 5.82 Å². The van der Waals surface area contributed by atoms with Crippen molar-refractivity contribution in [3.8, 4) is 0 Å². The molecule has 2 aromatic rings. The summed E-state index contributed by atoms with van der Waals surface area (Å²) in [5, 5.41) is 11.8. The summed E-state index contributed by atoms with van der Waals surface area (Å²) < 4.78 is 14.4. The summed E-state index contributed by atoms with van der Waals surface area (Å²) in [7, 11) is 0. The maximum Gasteiger partial charge on any atom is 0.405 e. The minimum Gasteiger partial charge on any atom is -0.465 e. The second-order valence-corrected chi connectivity index (χ2v) is 7.64. The minimum absolute atomic E-state index is 0.0661. The van der Waals surface area contributed by atoms with Crippen molar-refractivity contribution in [1.82, 2.24) is 10.7 Å². The summed E-state index contributed by atoms with van der Waals surface area (Å²) in [5.41, 5.74) is 2.53. The van der Waals surface area contributed by atoms with E-state index < -0.39 is 29.8 Å². The first-order valence-electron chi connectivity index (χ1n) is 8.32. The van der Waals surface area contributed by atoms with Gasteiger partial charge in [-0.2, -0.15) is 0 Å². The van der Waals surface area contributed by atoms with E-state index in [1.165, 1.54) is 11.0 Å². The molecular weight excluding hydrogens is 423 g/mol. The molecule has 11 heteroatoms. The Labute approximate surface area is 174 Å². The van der Waals surface area contributed by atoms with Crippen LogP contribution in [-0.4, -0.2) is 34.8 Å². The molecule has 0 aliphatic carbocycles. The monoisotopic (exact) mass is 438 g/mol. The number of hydrogen-bond acceptors (Lipinski definition) is 5. The van der Waals surface area contributed by atoms with Crippen LogP contribution in [0.15, 0.2) is 41.3 Å². The van der Waals surface area contributed by atoms with Gasteiger partial charge in [0.1, 0.15) is 11.9 Å². The molecule has 29 heavy (non-hydrogen) atoms. The molecule has 1 aliphatic heterocycles. The zero-order chi connectivity index (χ0) is 21.1. The summed E-state index contributed by atoms with van der Waals surface area (Å²) in [5.74, 6) is 3.00. The van der Waals surface area contributed by atoms with Gasteiger partial charge in [-0.1, -0.05) is 23.7 Å². The summed E-state index contributed by atoms with van der Waals surface area (Å²) in [6, 6.07) is 8.05. The number of benzene rings is 2. The fourth-order valence-electron chi connectivity index (χ4n) is 2.86. The third-order valence-electron chi connectivity index (χ3n) is 4.24. The van der Waals surface area contributed by atoms with E-state index in [0.717, 1.165) is 17.8 Å². The quantitative estimate of drug-likeness (QED) is 0.330. The van der Waals surface area contributed by atoms with Crippen LogP contribution >= 0.6 is 23.4 Å². The van der Waals surface area contributed by atoms with Crippen LogP contribution in [0.2, 0.25) is 5.02 Å². The molecule has 0 radical (unpaired) electrons. The number of hydrogen-bond donors (Lipinski definition) is 4. The van der Waals surface area contributed by atoms with Crippen LogP contribution in [0.5, 0.6) is 0 Å². The van der Waals surface area contributed by atoms with Gasteiger partial charge in [0.25, 0.3) is 11.8 Å². The van der Waals surface area contributed by atoms with Crippen molar-refractivity contribution in [3.05, 3.63) is 58.4 Å². The number of carbonyl (C=O) groups excluding carboxylic acids is 2. The average Bonchev–Trinajstić information content (AvgIpc) is 2.80. The fourth-order valence-corrected chi connectivity index (χ4v) is 4.06. The predicted molar refractivity (Wildman–Crippen MR) is 106 cm³/mol. The molecule has 0 fully saturated rings. The molecule has 3 amide bonds. The average molecular weight is 439 g/mol. The molecule has 2 aromatic carbocycles. The van der Waals surface area contributed by atoms with Crippen molar-refractivity contribution in [1.29, 1.82) is 0 Å². The highest BCUT2D eigenvalue weighted by Crippen LogP contribution is 2.37. The molecule has 0 saturated carbocycles. The molecule has 1 atom stereocenters. The normalized spacial score (nSPS) is 16.0. The number of nitrogen functional groups attached to an aromatic ring is 1. The smallest absolute Gasteiger partial charge is 0.405 e. The molecule has 0 spiro atoms. The Morgan fingerprint density at radius 2 is 2.00 bits per heavy atom. The van der Waals surface area contributed by atoms with Gasteiger partial charge in [0, 0.05) is 15.7 Å². The summed E-state index contributed by atoms with van der Waals surface area (Å²) in [4.78, 5) is 37.8. The molecule has 5 N–H and O–H groups in total. The first-order valence-corrected chi connectivity index (χ1v) is 9.69. The van der Waals surface area contributed by atoms with E-state index in [0.29, 0.717) is 15.5 Å². The minimum atomic E-state index is -1.35. The Hall–Kier alpha value is -2.82. The Morgan fingerprint density at radius 3 is 2.62 bits per heavy atom. The van der Waals surface area contributed by atoms with Crippen molar-refractivity contribution in [2.45, 2.75) is 17.5 Å². The summed E-state index contributed by atoms with van der Waals surface area (Å²) in [6.45, 7) is 0.0661. The zero-order valence-corrected chi connectivity index (χ0v) is 16.4. The number of rotatable bonds is 4. The highest BCUT2D eigenvalue weighted by Gasteiger charge is 2.33. The Kier molecular flexibility index (Phi) is 6.26. The fraction of sp³-hybridized carbons (Fsp3) is 0.167. The van der Waals surface area contributed by atoms with Crippen molar-refractivity contribution < 1.29 is 23.9 Å². The highest BCUT2D eigenvalue weighted by atomic mass is 35.5. The maximum atomic E-state index is 14.4. The molecular formula is C18H16ClFN4O4S. The van der Waals surface area contributed by atoms with Crippen molar-refractivity contribution in [2.75, 3.05) is 10.7 Å². The molecule has 1 aliphatic rings. The number of anilines is 1. The molecule has 8 nitrogen and oxygen atoms in total. The molecule has 0 unspecified atom stereocenters. The lowest BCUT2D eigenvalue weighted by Gasteiger charge is -2.26. The van der Waals surface area contributed by atoms with Gasteiger partial charge in [0.2, 0.25) is 0 Å². The Balaban J connectivity index is 2.08. The van der Waals surface area contributed by atoms with E-state index in [-0.39, 0.29) is 23.5 Å². The van der Waals surface area contributed by atoms with E-state index in [4.69, 9.17) is 22.6 Å².